The molecule has 7 nitrogen and oxygen atoms in total. The van der Waals surface area contributed by atoms with E-state index in [2.05, 4.69) is 5.32 Å². The van der Waals surface area contributed by atoms with Gasteiger partial charge < -0.3 is 20.3 Å². The number of aromatic hydroxyl groups is 1. The summed E-state index contributed by atoms with van der Waals surface area (Å²) in [6, 6.07) is 10.9. The molecule has 8 heteroatoms. The van der Waals surface area contributed by atoms with Crippen LogP contribution in [0.4, 0.5) is 4.39 Å². The van der Waals surface area contributed by atoms with Crippen molar-refractivity contribution in [1.82, 2.24) is 10.3 Å². The number of carbonyl (C=O) groups excluding carboxylic acids is 1. The van der Waals surface area contributed by atoms with Crippen molar-refractivity contribution >= 4 is 22.6 Å². The lowest BCUT2D eigenvalue weighted by Crippen LogP contribution is -2.35. The number of aromatic nitrogens is 1. The van der Waals surface area contributed by atoms with Crippen LogP contribution in [-0.2, 0) is 9.53 Å². The molecule has 3 aromatic rings. The minimum absolute atomic E-state index is 0.0172. The van der Waals surface area contributed by atoms with E-state index >= 15 is 0 Å². The van der Waals surface area contributed by atoms with Crippen molar-refractivity contribution in [2.75, 3.05) is 19.8 Å². The molecular weight excluding hydrogens is 439 g/mol. The monoisotopic (exact) mass is 464 g/mol. The molecule has 1 saturated carbocycles. The maximum absolute atomic E-state index is 13.7. The van der Waals surface area contributed by atoms with Gasteiger partial charge in [0.05, 0.1) is 11.1 Å². The number of nitrogens with zero attached hydrogens (tertiary/aromatic N) is 1. The van der Waals surface area contributed by atoms with Gasteiger partial charge in [0.1, 0.15) is 17.3 Å². The molecule has 2 fully saturated rings. The van der Waals surface area contributed by atoms with Crippen molar-refractivity contribution in [2.45, 2.75) is 31.6 Å². The second kappa shape index (κ2) is 8.68. The SMILES string of the molecule is O=C(NCC1(C(=O)O)CC1)c1nc(C2CCOCC2)c(-c2ccc(F)cc2)c2ccc(O)cc12. The molecule has 2 heterocycles. The van der Waals surface area contributed by atoms with E-state index in [4.69, 9.17) is 9.72 Å². The Morgan fingerprint density at radius 1 is 1.09 bits per heavy atom. The Kier molecular flexibility index (Phi) is 5.69. The number of ether oxygens (including phenoxy) is 1. The van der Waals surface area contributed by atoms with E-state index in [0.29, 0.717) is 36.8 Å². The first-order valence-electron chi connectivity index (χ1n) is 11.4. The zero-order valence-electron chi connectivity index (χ0n) is 18.5. The molecule has 1 amide bonds. The fourth-order valence-corrected chi connectivity index (χ4v) is 4.63. The van der Waals surface area contributed by atoms with Gasteiger partial charge in [-0.2, -0.15) is 0 Å². The van der Waals surface area contributed by atoms with E-state index in [1.54, 1.807) is 24.3 Å². The molecule has 1 saturated heterocycles. The molecule has 1 aromatic heterocycles. The number of nitrogens with one attached hydrogen (secondary N) is 1. The van der Waals surface area contributed by atoms with Crippen molar-refractivity contribution in [3.63, 3.8) is 0 Å². The average Bonchev–Trinajstić information content (AvgIpc) is 3.64. The van der Waals surface area contributed by atoms with Gasteiger partial charge in [0.25, 0.3) is 5.91 Å². The fourth-order valence-electron chi connectivity index (χ4n) is 4.63. The van der Waals surface area contributed by atoms with Crippen LogP contribution in [0.5, 0.6) is 5.75 Å². The highest BCUT2D eigenvalue weighted by Crippen LogP contribution is 2.45. The van der Waals surface area contributed by atoms with Crippen LogP contribution in [-0.4, -0.2) is 46.8 Å². The number of carboxylic acids is 1. The lowest BCUT2D eigenvalue weighted by Gasteiger charge is -2.26. The van der Waals surface area contributed by atoms with Gasteiger partial charge in [-0.1, -0.05) is 12.1 Å². The minimum Gasteiger partial charge on any atom is -0.508 e. The molecule has 0 spiro atoms. The van der Waals surface area contributed by atoms with Gasteiger partial charge in [0, 0.05) is 36.6 Å². The van der Waals surface area contributed by atoms with Gasteiger partial charge in [0.15, 0.2) is 0 Å². The highest BCUT2D eigenvalue weighted by molar-refractivity contribution is 6.10. The quantitative estimate of drug-likeness (QED) is 0.504. The van der Waals surface area contributed by atoms with Gasteiger partial charge in [-0.25, -0.2) is 9.37 Å². The molecular formula is C26H25FN2O5. The molecule has 0 atom stereocenters. The van der Waals surface area contributed by atoms with Gasteiger partial charge in [0.2, 0.25) is 0 Å². The Bertz CT molecular complexity index is 1260. The van der Waals surface area contributed by atoms with Gasteiger partial charge in [-0.15, -0.1) is 0 Å². The molecule has 3 N–H and O–H groups in total. The summed E-state index contributed by atoms with van der Waals surface area (Å²) in [5.74, 6) is -1.74. The minimum atomic E-state index is -0.919. The summed E-state index contributed by atoms with van der Waals surface area (Å²) >= 11 is 0. The number of amides is 1. The zero-order valence-corrected chi connectivity index (χ0v) is 18.5. The molecule has 34 heavy (non-hydrogen) atoms. The Labute approximate surface area is 195 Å². The van der Waals surface area contributed by atoms with Crippen molar-refractivity contribution < 1.29 is 28.9 Å². The number of carbonyl (C=O) groups is 2. The summed E-state index contributed by atoms with van der Waals surface area (Å²) < 4.78 is 19.2. The van der Waals surface area contributed by atoms with Crippen molar-refractivity contribution in [3.05, 3.63) is 59.7 Å². The number of fused-ring (bicyclic) bond motifs is 1. The molecule has 0 radical (unpaired) electrons. The number of halogens is 1. The van der Waals surface area contributed by atoms with Gasteiger partial charge in [-0.05, 0) is 67.0 Å². The Hall–Kier alpha value is -3.52. The van der Waals surface area contributed by atoms with E-state index < -0.39 is 17.3 Å². The highest BCUT2D eigenvalue weighted by Gasteiger charge is 2.50. The number of pyridine rings is 1. The third-order valence-corrected chi connectivity index (χ3v) is 6.87. The Morgan fingerprint density at radius 3 is 2.44 bits per heavy atom. The number of benzene rings is 2. The number of aliphatic carboxylic acids is 1. The molecule has 0 unspecified atom stereocenters. The number of hydrogen-bond acceptors (Lipinski definition) is 5. The summed E-state index contributed by atoms with van der Waals surface area (Å²) in [7, 11) is 0. The maximum atomic E-state index is 13.7. The molecule has 2 aromatic carbocycles. The van der Waals surface area contributed by atoms with Crippen LogP contribution in [0.15, 0.2) is 42.5 Å². The van der Waals surface area contributed by atoms with Crippen LogP contribution < -0.4 is 5.32 Å². The maximum Gasteiger partial charge on any atom is 0.311 e. The smallest absolute Gasteiger partial charge is 0.311 e. The second-order valence-corrected chi connectivity index (χ2v) is 9.11. The van der Waals surface area contributed by atoms with Crippen molar-refractivity contribution in [2.24, 2.45) is 5.41 Å². The van der Waals surface area contributed by atoms with E-state index in [1.807, 2.05) is 0 Å². The number of phenolic OH excluding ortho intramolecular Hbond substituents is 1. The van der Waals surface area contributed by atoms with Crippen LogP contribution in [0.3, 0.4) is 0 Å². The van der Waals surface area contributed by atoms with E-state index in [1.165, 1.54) is 18.2 Å². The first-order chi connectivity index (χ1) is 16.4. The average molecular weight is 464 g/mol. The molecule has 5 rings (SSSR count). The summed E-state index contributed by atoms with van der Waals surface area (Å²) in [4.78, 5) is 29.6. The largest absolute Gasteiger partial charge is 0.508 e. The summed E-state index contributed by atoms with van der Waals surface area (Å²) in [6.45, 7) is 1.17. The van der Waals surface area contributed by atoms with Crippen LogP contribution in [0, 0.1) is 11.2 Å². The number of rotatable bonds is 6. The standard InChI is InChI=1S/C26H25FN2O5/c27-17-3-1-15(2-4-17)21-19-6-5-18(30)13-20(19)23(29-22(21)16-7-11-34-12-8-16)24(31)28-14-26(9-10-26)25(32)33/h1-6,13,16,30H,7-12,14H2,(H,28,31)(H,32,33). The van der Waals surface area contributed by atoms with E-state index in [0.717, 1.165) is 29.7 Å². The predicted molar refractivity (Wildman–Crippen MR) is 123 cm³/mol. The molecule has 0 bridgehead atoms. The third kappa shape index (κ3) is 4.09. The summed E-state index contributed by atoms with van der Waals surface area (Å²) in [5, 5.41) is 23.6. The summed E-state index contributed by atoms with van der Waals surface area (Å²) in [5.41, 5.74) is 1.51. The second-order valence-electron chi connectivity index (χ2n) is 9.11. The van der Waals surface area contributed by atoms with Gasteiger partial charge >= 0.3 is 5.97 Å². The van der Waals surface area contributed by atoms with Crippen LogP contribution in [0.25, 0.3) is 21.9 Å². The topological polar surface area (TPSA) is 109 Å². The normalized spacial score (nSPS) is 17.4. The molecule has 1 aliphatic heterocycles. The Balaban J connectivity index is 1.66. The molecule has 1 aliphatic carbocycles. The first kappa shape index (κ1) is 22.3. The molecule has 2 aliphatic rings. The van der Waals surface area contributed by atoms with Crippen LogP contribution >= 0.6 is 0 Å². The lowest BCUT2D eigenvalue weighted by molar-refractivity contribution is -0.143. The fraction of sp³-hybridized carbons (Fsp3) is 0.346. The number of phenols is 1. The third-order valence-electron chi connectivity index (χ3n) is 6.87. The Morgan fingerprint density at radius 2 is 1.79 bits per heavy atom. The first-order valence-corrected chi connectivity index (χ1v) is 11.4. The van der Waals surface area contributed by atoms with Crippen molar-refractivity contribution in [1.29, 1.82) is 0 Å². The lowest BCUT2D eigenvalue weighted by atomic mass is 9.86. The number of hydrogen-bond donors (Lipinski definition) is 3. The van der Waals surface area contributed by atoms with Crippen molar-refractivity contribution in [3.8, 4) is 16.9 Å². The molecule has 176 valence electrons. The summed E-state index contributed by atoms with van der Waals surface area (Å²) in [6.07, 6.45) is 2.50. The van der Waals surface area contributed by atoms with Gasteiger partial charge in [-0.3, -0.25) is 9.59 Å². The van der Waals surface area contributed by atoms with E-state index in [9.17, 15) is 24.2 Å². The van der Waals surface area contributed by atoms with Crippen LogP contribution in [0.1, 0.15) is 47.8 Å². The zero-order chi connectivity index (χ0) is 23.9. The van der Waals surface area contributed by atoms with E-state index in [-0.39, 0.29) is 29.7 Å². The highest BCUT2D eigenvalue weighted by atomic mass is 19.1. The predicted octanol–water partition coefficient (Wildman–Crippen LogP) is 4.24. The van der Waals surface area contributed by atoms with Crippen LogP contribution in [0.2, 0.25) is 0 Å². The number of carboxylic acid groups (broad SMARTS) is 1.